The highest BCUT2D eigenvalue weighted by Gasteiger charge is 2.61. The van der Waals surface area contributed by atoms with Crippen molar-refractivity contribution in [2.24, 2.45) is 22.7 Å². The summed E-state index contributed by atoms with van der Waals surface area (Å²) in [5.74, 6) is -1.69. The van der Waals surface area contributed by atoms with Gasteiger partial charge in [-0.05, 0) is 36.5 Å². The van der Waals surface area contributed by atoms with Crippen molar-refractivity contribution in [3.63, 3.8) is 0 Å². The van der Waals surface area contributed by atoms with Gasteiger partial charge in [0.2, 0.25) is 0 Å². The summed E-state index contributed by atoms with van der Waals surface area (Å²) in [4.78, 5) is 37.1. The summed E-state index contributed by atoms with van der Waals surface area (Å²) in [6.45, 7) is 5.99. The molecule has 6 atom stereocenters. The average Bonchev–Trinajstić information content (AvgIpc) is 3.14. The average molecular weight is 459 g/mol. The number of fused-ring (bicyclic) bond motifs is 3. The van der Waals surface area contributed by atoms with Crippen molar-refractivity contribution in [1.82, 2.24) is 0 Å². The van der Waals surface area contributed by atoms with Gasteiger partial charge in [0.15, 0.2) is 5.69 Å². The highest BCUT2D eigenvalue weighted by atomic mass is 16.8. The van der Waals surface area contributed by atoms with Crippen LogP contribution in [0.15, 0.2) is 35.9 Å². The van der Waals surface area contributed by atoms with Gasteiger partial charge in [-0.1, -0.05) is 20.3 Å². The van der Waals surface area contributed by atoms with E-state index in [0.29, 0.717) is 12.2 Å². The summed E-state index contributed by atoms with van der Waals surface area (Å²) in [7, 11) is 0. The zero-order valence-corrected chi connectivity index (χ0v) is 19.0. The Morgan fingerprint density at radius 1 is 1.24 bits per heavy atom. The summed E-state index contributed by atoms with van der Waals surface area (Å²) in [5.41, 5.74) is -0.0405. The van der Waals surface area contributed by atoms with Crippen LogP contribution in [0, 0.1) is 27.9 Å². The van der Waals surface area contributed by atoms with Gasteiger partial charge in [-0.2, -0.15) is 5.23 Å². The van der Waals surface area contributed by atoms with Crippen LogP contribution in [0.25, 0.3) is 0 Å². The number of rotatable bonds is 5. The molecule has 6 unspecified atom stereocenters. The van der Waals surface area contributed by atoms with Gasteiger partial charge >= 0.3 is 17.9 Å². The molecule has 0 amide bonds. The van der Waals surface area contributed by atoms with Crippen molar-refractivity contribution in [2.75, 3.05) is 13.2 Å². The second kappa shape index (κ2) is 8.55. The monoisotopic (exact) mass is 459 g/mol. The lowest BCUT2D eigenvalue weighted by molar-refractivity contribution is -0.991. The smallest absolute Gasteiger partial charge is 0.338 e. The molecule has 9 heteroatoms. The number of carbonyl (C=O) groups excluding carboxylic acids is 3. The number of nitrogens with one attached hydrogen (secondary N) is 1. The molecule has 1 saturated heterocycles. The van der Waals surface area contributed by atoms with E-state index in [1.807, 2.05) is 6.92 Å². The van der Waals surface area contributed by atoms with Crippen molar-refractivity contribution >= 4 is 23.6 Å². The fraction of sp³-hybridized carbons (Fsp3) is 0.542. The molecule has 2 N–H and O–H groups in total. The minimum Gasteiger partial charge on any atom is -0.595 e. The van der Waals surface area contributed by atoms with E-state index in [0.717, 1.165) is 19.3 Å². The third-order valence-electron chi connectivity index (χ3n) is 7.60. The summed E-state index contributed by atoms with van der Waals surface area (Å²) in [6.07, 6.45) is 3.48. The van der Waals surface area contributed by atoms with Gasteiger partial charge in [-0.3, -0.25) is 4.79 Å². The van der Waals surface area contributed by atoms with Gasteiger partial charge < -0.3 is 19.4 Å². The lowest BCUT2D eigenvalue weighted by Crippen LogP contribution is -2.99. The Bertz CT molecular complexity index is 987. The number of hydrogen-bond donors (Lipinski definition) is 2. The number of benzene rings is 1. The summed E-state index contributed by atoms with van der Waals surface area (Å²) >= 11 is 0. The molecule has 0 spiro atoms. The van der Waals surface area contributed by atoms with Gasteiger partial charge in [-0.25, -0.2) is 14.8 Å². The Hall–Kier alpha value is -2.75. The van der Waals surface area contributed by atoms with Crippen LogP contribution in [-0.4, -0.2) is 42.4 Å². The Labute approximate surface area is 191 Å². The molecule has 2 aliphatic carbocycles. The van der Waals surface area contributed by atoms with Crippen LogP contribution < -0.4 is 5.23 Å². The topological polar surface area (TPSA) is 127 Å². The number of quaternary nitrogens is 1. The van der Waals surface area contributed by atoms with E-state index in [2.05, 4.69) is 6.92 Å². The molecule has 1 aromatic carbocycles. The molecule has 1 aromatic rings. The number of hydrogen-bond acceptors (Lipinski definition) is 8. The molecule has 4 rings (SSSR count). The van der Waals surface area contributed by atoms with E-state index in [1.54, 1.807) is 6.08 Å². The molecule has 0 bridgehead atoms. The van der Waals surface area contributed by atoms with E-state index in [-0.39, 0.29) is 41.1 Å². The maximum Gasteiger partial charge on any atom is 0.338 e. The van der Waals surface area contributed by atoms with E-state index in [1.165, 1.54) is 31.2 Å². The first kappa shape index (κ1) is 23.4. The highest BCUT2D eigenvalue weighted by Crippen LogP contribution is 2.61. The third kappa shape index (κ3) is 4.16. The maximum absolute atomic E-state index is 13.0. The standard InChI is InChI=1S/C24H29NO8/c1-14(26)32-13-23(2)9-4-10-24(3)18-12-31-22(28)17(18)11-19(20(23)24)33-21(27)15-5-7-16(8-6-15)25(29)30/h5-8,11,18-20,25,29H,4,9-10,12-13H2,1-3H3. The zero-order valence-electron chi connectivity index (χ0n) is 19.0. The fourth-order valence-corrected chi connectivity index (χ4v) is 6.09. The summed E-state index contributed by atoms with van der Waals surface area (Å²) in [5, 5.41) is 19.1. The van der Waals surface area contributed by atoms with Crippen LogP contribution in [0.1, 0.15) is 50.4 Å². The van der Waals surface area contributed by atoms with Crippen molar-refractivity contribution in [2.45, 2.75) is 46.1 Å². The summed E-state index contributed by atoms with van der Waals surface area (Å²) in [6, 6.07) is 5.51. The molecule has 33 heavy (non-hydrogen) atoms. The molecule has 0 aromatic heterocycles. The minimum atomic E-state index is -1.09. The van der Waals surface area contributed by atoms with E-state index in [4.69, 9.17) is 19.4 Å². The Balaban J connectivity index is 1.69. The second-order valence-corrected chi connectivity index (χ2v) is 9.80. The van der Waals surface area contributed by atoms with Crippen LogP contribution in [-0.2, 0) is 23.8 Å². The SMILES string of the molecule is CC(=O)OCC1(C)CCCC2(C)C3COC(=O)C3=CC(OC(=O)c3ccc([NH+]([O-])O)cc3)C12. The van der Waals surface area contributed by atoms with Crippen LogP contribution in [0.3, 0.4) is 0 Å². The molecule has 0 radical (unpaired) electrons. The van der Waals surface area contributed by atoms with Gasteiger partial charge in [0.1, 0.15) is 6.10 Å². The van der Waals surface area contributed by atoms with Crippen molar-refractivity contribution in [3.05, 3.63) is 46.7 Å². The zero-order chi connectivity index (χ0) is 24.0. The van der Waals surface area contributed by atoms with Crippen molar-refractivity contribution < 1.29 is 39.0 Å². The third-order valence-corrected chi connectivity index (χ3v) is 7.60. The van der Waals surface area contributed by atoms with Gasteiger partial charge in [0, 0.05) is 41.9 Å². The van der Waals surface area contributed by atoms with Crippen LogP contribution in [0.5, 0.6) is 0 Å². The summed E-state index contributed by atoms with van der Waals surface area (Å²) < 4.78 is 16.8. The van der Waals surface area contributed by atoms with E-state index in [9.17, 15) is 19.6 Å². The molecule has 1 heterocycles. The van der Waals surface area contributed by atoms with Crippen molar-refractivity contribution in [3.8, 4) is 0 Å². The van der Waals surface area contributed by atoms with Crippen LogP contribution >= 0.6 is 0 Å². The molecule has 9 nitrogen and oxygen atoms in total. The molecular weight excluding hydrogens is 430 g/mol. The molecular formula is C24H29NO8. The first-order valence-corrected chi connectivity index (χ1v) is 11.1. The first-order valence-electron chi connectivity index (χ1n) is 11.1. The molecule has 178 valence electrons. The molecule has 1 saturated carbocycles. The highest BCUT2D eigenvalue weighted by molar-refractivity contribution is 5.92. The minimum absolute atomic E-state index is 0.0664. The number of esters is 3. The quantitative estimate of drug-likeness (QED) is 0.389. The lowest BCUT2D eigenvalue weighted by Gasteiger charge is -2.57. The van der Waals surface area contributed by atoms with Crippen LogP contribution in [0.2, 0.25) is 0 Å². The Kier molecular flexibility index (Phi) is 6.07. The van der Waals surface area contributed by atoms with Crippen molar-refractivity contribution in [1.29, 1.82) is 0 Å². The molecule has 2 fully saturated rings. The first-order chi connectivity index (χ1) is 15.5. The predicted molar refractivity (Wildman–Crippen MR) is 114 cm³/mol. The molecule has 1 aliphatic heterocycles. The van der Waals surface area contributed by atoms with Crippen LogP contribution in [0.4, 0.5) is 5.69 Å². The largest absolute Gasteiger partial charge is 0.595 e. The van der Waals surface area contributed by atoms with E-state index >= 15 is 0 Å². The number of cyclic esters (lactones) is 1. The predicted octanol–water partition coefficient (Wildman–Crippen LogP) is 2.10. The van der Waals surface area contributed by atoms with Gasteiger partial charge in [-0.15, -0.1) is 0 Å². The number of ether oxygens (including phenoxy) is 3. The molecule has 3 aliphatic rings. The van der Waals surface area contributed by atoms with E-state index < -0.39 is 28.7 Å². The Morgan fingerprint density at radius 3 is 2.58 bits per heavy atom. The Morgan fingerprint density at radius 2 is 1.94 bits per heavy atom. The second-order valence-electron chi connectivity index (χ2n) is 9.80. The fourth-order valence-electron chi connectivity index (χ4n) is 6.09. The maximum atomic E-state index is 13.0. The lowest BCUT2D eigenvalue weighted by atomic mass is 9.48. The normalized spacial score (nSPS) is 33.8. The van der Waals surface area contributed by atoms with Gasteiger partial charge in [0.25, 0.3) is 0 Å². The van der Waals surface area contributed by atoms with Gasteiger partial charge in [0.05, 0.1) is 18.8 Å². The number of carbonyl (C=O) groups is 3.